The molecule has 0 spiro atoms. The quantitative estimate of drug-likeness (QED) is 0.588. The van der Waals surface area contributed by atoms with E-state index in [-0.39, 0.29) is 6.04 Å². The second kappa shape index (κ2) is 10.1. The fourth-order valence-electron chi connectivity index (χ4n) is 3.78. The number of hydroxylamine groups is 2. The standard InChI is InChI=1S/C26H33FN2O5/c1-17-19(14-20(15-22(17)27)28-24(31)33-25(2,3)4)12-13-21-16-32-26(5,6)29(21)34-23(30)18-10-8-7-9-11-18/h7-11,14-15,21H,12-13,16H2,1-6H3,(H,28,31)/t21-/m0/s1. The topological polar surface area (TPSA) is 77.1 Å². The average Bonchev–Trinajstić information content (AvgIpc) is 3.02. The molecule has 1 heterocycles. The molecule has 2 aromatic carbocycles. The highest BCUT2D eigenvalue weighted by Crippen LogP contribution is 2.31. The normalized spacial score (nSPS) is 17.9. The number of amides is 1. The molecule has 1 fully saturated rings. The van der Waals surface area contributed by atoms with Crippen molar-refractivity contribution in [2.75, 3.05) is 11.9 Å². The summed E-state index contributed by atoms with van der Waals surface area (Å²) in [6.07, 6.45) is 0.407. The lowest BCUT2D eigenvalue weighted by molar-refractivity contribution is -0.219. The van der Waals surface area contributed by atoms with Crippen LogP contribution in [0, 0.1) is 12.7 Å². The minimum Gasteiger partial charge on any atom is -0.444 e. The third-order valence-corrected chi connectivity index (χ3v) is 5.53. The van der Waals surface area contributed by atoms with Gasteiger partial charge in [-0.1, -0.05) is 18.2 Å². The van der Waals surface area contributed by atoms with E-state index in [9.17, 15) is 14.0 Å². The lowest BCUT2D eigenvalue weighted by Crippen LogP contribution is -2.45. The van der Waals surface area contributed by atoms with Gasteiger partial charge in [-0.2, -0.15) is 0 Å². The number of benzene rings is 2. The van der Waals surface area contributed by atoms with Crippen LogP contribution in [-0.2, 0) is 20.7 Å². The predicted molar refractivity (Wildman–Crippen MR) is 127 cm³/mol. The van der Waals surface area contributed by atoms with Gasteiger partial charge in [0, 0.05) is 5.69 Å². The summed E-state index contributed by atoms with van der Waals surface area (Å²) < 4.78 is 25.7. The summed E-state index contributed by atoms with van der Waals surface area (Å²) in [5, 5.41) is 4.18. The molecule has 0 saturated carbocycles. The lowest BCUT2D eigenvalue weighted by Gasteiger charge is -2.31. The van der Waals surface area contributed by atoms with Gasteiger partial charge in [0.25, 0.3) is 0 Å². The first-order valence-electron chi connectivity index (χ1n) is 11.4. The lowest BCUT2D eigenvalue weighted by atomic mass is 9.99. The van der Waals surface area contributed by atoms with Crippen molar-refractivity contribution in [3.8, 4) is 0 Å². The number of anilines is 1. The first-order chi connectivity index (χ1) is 15.9. The van der Waals surface area contributed by atoms with Crippen LogP contribution in [0.5, 0.6) is 0 Å². The highest BCUT2D eigenvalue weighted by molar-refractivity contribution is 5.89. The maximum absolute atomic E-state index is 14.6. The number of rotatable bonds is 6. The molecule has 1 aliphatic heterocycles. The van der Waals surface area contributed by atoms with Crippen LogP contribution in [0.25, 0.3) is 0 Å². The average molecular weight is 473 g/mol. The van der Waals surface area contributed by atoms with Gasteiger partial charge in [-0.15, -0.1) is 5.06 Å². The third kappa shape index (κ3) is 6.55. The van der Waals surface area contributed by atoms with Gasteiger partial charge in [-0.05, 0) is 89.8 Å². The van der Waals surface area contributed by atoms with Crippen LogP contribution in [0.4, 0.5) is 14.9 Å². The number of carbonyl (C=O) groups excluding carboxylic acids is 2. The van der Waals surface area contributed by atoms with E-state index in [1.807, 2.05) is 19.9 Å². The molecule has 1 amide bonds. The monoisotopic (exact) mass is 472 g/mol. The van der Waals surface area contributed by atoms with Crippen LogP contribution in [0.15, 0.2) is 42.5 Å². The number of hydrogen-bond donors (Lipinski definition) is 1. The second-order valence-corrected chi connectivity index (χ2v) is 9.89. The van der Waals surface area contributed by atoms with Crippen LogP contribution < -0.4 is 5.32 Å². The van der Waals surface area contributed by atoms with Crippen LogP contribution in [-0.4, -0.2) is 41.1 Å². The number of nitrogens with one attached hydrogen (secondary N) is 1. The summed E-state index contributed by atoms with van der Waals surface area (Å²) in [6, 6.07) is 11.6. The first kappa shape index (κ1) is 25.6. The Morgan fingerprint density at radius 3 is 2.53 bits per heavy atom. The Morgan fingerprint density at radius 1 is 1.21 bits per heavy atom. The Labute approximate surface area is 200 Å². The van der Waals surface area contributed by atoms with Crippen molar-refractivity contribution in [1.82, 2.24) is 5.06 Å². The van der Waals surface area contributed by atoms with Gasteiger partial charge in [0.2, 0.25) is 0 Å². The number of aryl methyl sites for hydroxylation is 1. The number of carbonyl (C=O) groups is 2. The van der Waals surface area contributed by atoms with Crippen molar-refractivity contribution < 1.29 is 28.3 Å². The SMILES string of the molecule is Cc1c(F)cc(NC(=O)OC(C)(C)C)cc1CC[C@H]1COC(C)(C)N1OC(=O)c1ccccc1. The molecule has 0 aromatic heterocycles. The Bertz CT molecular complexity index is 1030. The van der Waals surface area contributed by atoms with Crippen molar-refractivity contribution in [3.63, 3.8) is 0 Å². The summed E-state index contributed by atoms with van der Waals surface area (Å²) >= 11 is 0. The molecular formula is C26H33FN2O5. The van der Waals surface area contributed by atoms with Gasteiger partial charge in [-0.3, -0.25) is 5.32 Å². The summed E-state index contributed by atoms with van der Waals surface area (Å²) in [5.41, 5.74) is 0.554. The second-order valence-electron chi connectivity index (χ2n) is 9.89. The molecule has 8 heteroatoms. The minimum absolute atomic E-state index is 0.215. The molecule has 2 aromatic rings. The highest BCUT2D eigenvalue weighted by Gasteiger charge is 2.43. The zero-order chi connectivity index (χ0) is 25.1. The molecule has 0 aliphatic carbocycles. The van der Waals surface area contributed by atoms with E-state index < -0.39 is 29.2 Å². The summed E-state index contributed by atoms with van der Waals surface area (Å²) in [4.78, 5) is 30.5. The van der Waals surface area contributed by atoms with Crippen molar-refractivity contribution in [1.29, 1.82) is 0 Å². The van der Waals surface area contributed by atoms with Crippen LogP contribution >= 0.6 is 0 Å². The van der Waals surface area contributed by atoms with Crippen LogP contribution in [0.1, 0.15) is 62.5 Å². The van der Waals surface area contributed by atoms with Crippen LogP contribution in [0.2, 0.25) is 0 Å². The molecule has 34 heavy (non-hydrogen) atoms. The zero-order valence-corrected chi connectivity index (χ0v) is 20.6. The van der Waals surface area contributed by atoms with E-state index in [0.717, 1.165) is 5.56 Å². The van der Waals surface area contributed by atoms with Gasteiger partial charge in [0.15, 0.2) is 0 Å². The molecule has 0 radical (unpaired) electrons. The number of halogens is 1. The number of ether oxygens (including phenoxy) is 2. The molecule has 7 nitrogen and oxygen atoms in total. The van der Waals surface area contributed by atoms with E-state index >= 15 is 0 Å². The van der Waals surface area contributed by atoms with E-state index in [1.54, 1.807) is 63.1 Å². The fourth-order valence-corrected chi connectivity index (χ4v) is 3.78. The van der Waals surface area contributed by atoms with Gasteiger partial charge in [-0.25, -0.2) is 14.0 Å². The number of nitrogens with zero attached hydrogens (tertiary/aromatic N) is 1. The number of hydrogen-bond acceptors (Lipinski definition) is 6. The summed E-state index contributed by atoms with van der Waals surface area (Å²) in [7, 11) is 0. The molecule has 184 valence electrons. The molecule has 3 rings (SSSR count). The Morgan fingerprint density at radius 2 is 1.88 bits per heavy atom. The van der Waals surface area contributed by atoms with Crippen molar-refractivity contribution in [2.24, 2.45) is 0 Å². The van der Waals surface area contributed by atoms with Gasteiger partial charge in [0.05, 0.1) is 18.2 Å². The highest BCUT2D eigenvalue weighted by atomic mass is 19.1. The Kier molecular flexibility index (Phi) is 7.63. The fraction of sp³-hybridized carbons (Fsp3) is 0.462. The molecule has 1 atom stereocenters. The van der Waals surface area contributed by atoms with Crippen molar-refractivity contribution >= 4 is 17.7 Å². The molecule has 1 aliphatic rings. The zero-order valence-electron chi connectivity index (χ0n) is 20.6. The third-order valence-electron chi connectivity index (χ3n) is 5.53. The summed E-state index contributed by atoms with van der Waals surface area (Å²) in [5.74, 6) is -0.881. The Balaban J connectivity index is 1.71. The maximum atomic E-state index is 14.6. The largest absolute Gasteiger partial charge is 0.444 e. The molecule has 0 unspecified atom stereocenters. The van der Waals surface area contributed by atoms with E-state index in [0.29, 0.717) is 36.3 Å². The Hall–Kier alpha value is -2.97. The van der Waals surface area contributed by atoms with Gasteiger partial charge < -0.3 is 14.3 Å². The van der Waals surface area contributed by atoms with Crippen molar-refractivity contribution in [2.45, 2.75) is 71.8 Å². The van der Waals surface area contributed by atoms with Crippen molar-refractivity contribution in [3.05, 3.63) is 65.0 Å². The van der Waals surface area contributed by atoms with E-state index in [1.165, 1.54) is 6.07 Å². The van der Waals surface area contributed by atoms with Crippen LogP contribution in [0.3, 0.4) is 0 Å². The molecular weight excluding hydrogens is 439 g/mol. The minimum atomic E-state index is -0.796. The first-order valence-corrected chi connectivity index (χ1v) is 11.4. The smallest absolute Gasteiger partial charge is 0.412 e. The predicted octanol–water partition coefficient (Wildman–Crippen LogP) is 5.62. The molecule has 1 saturated heterocycles. The maximum Gasteiger partial charge on any atom is 0.412 e. The van der Waals surface area contributed by atoms with E-state index in [4.69, 9.17) is 14.3 Å². The molecule has 1 N–H and O–H groups in total. The van der Waals surface area contributed by atoms with Gasteiger partial charge in [0.1, 0.15) is 17.1 Å². The van der Waals surface area contributed by atoms with E-state index in [2.05, 4.69) is 5.32 Å². The molecule has 0 bridgehead atoms. The van der Waals surface area contributed by atoms with Gasteiger partial charge >= 0.3 is 12.1 Å². The summed E-state index contributed by atoms with van der Waals surface area (Å²) in [6.45, 7) is 11.0.